The molecule has 0 spiro atoms. The summed E-state index contributed by atoms with van der Waals surface area (Å²) in [6, 6.07) is 19.6. The first-order valence-corrected chi connectivity index (χ1v) is 15.4. The van der Waals surface area contributed by atoms with Crippen molar-refractivity contribution >= 4 is 62.3 Å². The van der Waals surface area contributed by atoms with Crippen molar-refractivity contribution in [2.75, 3.05) is 17.1 Å². The van der Waals surface area contributed by atoms with Gasteiger partial charge in [0.15, 0.2) is 0 Å². The Labute approximate surface area is 251 Å². The van der Waals surface area contributed by atoms with E-state index in [1.807, 2.05) is 51.1 Å². The Morgan fingerprint density at radius 3 is 2.10 bits per heavy atom. The number of carbonyl (C=O) groups excluding carboxylic acids is 2. The zero-order chi connectivity index (χ0) is 29.7. The van der Waals surface area contributed by atoms with Gasteiger partial charge in [-0.1, -0.05) is 77.3 Å². The molecule has 0 unspecified atom stereocenters. The highest BCUT2D eigenvalue weighted by atomic mass is 35.5. The monoisotopic (exact) mass is 623 g/mol. The van der Waals surface area contributed by atoms with Gasteiger partial charge in [0.2, 0.25) is 21.8 Å². The molecule has 214 valence electrons. The van der Waals surface area contributed by atoms with E-state index >= 15 is 0 Å². The molecular formula is C29H32Cl3N3O4S. The molecule has 2 amide bonds. The number of sulfonamides is 1. The number of amides is 2. The lowest BCUT2D eigenvalue weighted by atomic mass is 10.0. The first-order valence-electron chi connectivity index (χ1n) is 12.5. The van der Waals surface area contributed by atoms with Gasteiger partial charge in [0.25, 0.3) is 0 Å². The molecule has 3 aromatic rings. The molecular weight excluding hydrogens is 593 g/mol. The number of benzene rings is 3. The predicted molar refractivity (Wildman–Crippen MR) is 162 cm³/mol. The van der Waals surface area contributed by atoms with Crippen molar-refractivity contribution in [3.05, 3.63) is 99.0 Å². The Balaban J connectivity index is 2.10. The van der Waals surface area contributed by atoms with Crippen LogP contribution >= 0.6 is 34.8 Å². The molecule has 0 aromatic heterocycles. The van der Waals surface area contributed by atoms with E-state index < -0.39 is 34.1 Å². The summed E-state index contributed by atoms with van der Waals surface area (Å²) >= 11 is 18.7. The molecule has 0 saturated carbocycles. The summed E-state index contributed by atoms with van der Waals surface area (Å²) in [5, 5.41) is 3.80. The van der Waals surface area contributed by atoms with E-state index in [9.17, 15) is 18.0 Å². The topological polar surface area (TPSA) is 86.8 Å². The number of halogens is 3. The molecule has 3 aromatic carbocycles. The summed E-state index contributed by atoms with van der Waals surface area (Å²) in [5.74, 6) is -0.982. The minimum atomic E-state index is -3.98. The third-order valence-electron chi connectivity index (χ3n) is 5.87. The van der Waals surface area contributed by atoms with Crippen LogP contribution in [0.15, 0.2) is 72.8 Å². The average Bonchev–Trinajstić information content (AvgIpc) is 2.85. The molecule has 11 heteroatoms. The lowest BCUT2D eigenvalue weighted by Gasteiger charge is -2.35. The second kappa shape index (κ2) is 13.3. The zero-order valence-electron chi connectivity index (χ0n) is 22.7. The highest BCUT2D eigenvalue weighted by Gasteiger charge is 2.34. The number of anilines is 1. The van der Waals surface area contributed by atoms with Crippen LogP contribution in [-0.2, 0) is 32.6 Å². The van der Waals surface area contributed by atoms with Crippen molar-refractivity contribution < 1.29 is 18.0 Å². The van der Waals surface area contributed by atoms with Crippen LogP contribution in [0, 0.1) is 0 Å². The Morgan fingerprint density at radius 2 is 1.50 bits per heavy atom. The summed E-state index contributed by atoms with van der Waals surface area (Å²) in [6.45, 7) is 4.95. The molecule has 7 nitrogen and oxygen atoms in total. The van der Waals surface area contributed by atoms with Crippen LogP contribution < -0.4 is 9.62 Å². The molecule has 0 saturated heterocycles. The zero-order valence-corrected chi connectivity index (χ0v) is 25.8. The van der Waals surface area contributed by atoms with E-state index in [-0.39, 0.29) is 34.6 Å². The first-order chi connectivity index (χ1) is 18.6. The Bertz CT molecular complexity index is 1460. The van der Waals surface area contributed by atoms with Gasteiger partial charge in [-0.15, -0.1) is 0 Å². The number of nitrogens with zero attached hydrogens (tertiary/aromatic N) is 2. The number of hydrogen-bond acceptors (Lipinski definition) is 4. The van der Waals surface area contributed by atoms with E-state index in [4.69, 9.17) is 34.8 Å². The maximum absolute atomic E-state index is 14.1. The Morgan fingerprint density at radius 1 is 0.875 bits per heavy atom. The van der Waals surface area contributed by atoms with E-state index in [2.05, 4.69) is 5.32 Å². The van der Waals surface area contributed by atoms with Crippen molar-refractivity contribution in [2.45, 2.75) is 45.3 Å². The minimum absolute atomic E-state index is 0.00926. The first kappa shape index (κ1) is 31.7. The normalized spacial score (nSPS) is 12.5. The third-order valence-corrected chi connectivity index (χ3v) is 7.78. The lowest BCUT2D eigenvalue weighted by Crippen LogP contribution is -2.56. The molecule has 1 atom stereocenters. The van der Waals surface area contributed by atoms with Crippen LogP contribution in [0.5, 0.6) is 0 Å². The maximum Gasteiger partial charge on any atom is 0.244 e. The van der Waals surface area contributed by atoms with Gasteiger partial charge in [-0.2, -0.15) is 0 Å². The van der Waals surface area contributed by atoms with Gasteiger partial charge in [-0.25, -0.2) is 8.42 Å². The highest BCUT2D eigenvalue weighted by Crippen LogP contribution is 2.31. The largest absolute Gasteiger partial charge is 0.350 e. The second-order valence-electron chi connectivity index (χ2n) is 10.5. The van der Waals surface area contributed by atoms with Crippen LogP contribution in [0.3, 0.4) is 0 Å². The smallest absolute Gasteiger partial charge is 0.244 e. The number of carbonyl (C=O) groups is 2. The van der Waals surface area contributed by atoms with E-state index in [0.717, 1.165) is 16.1 Å². The maximum atomic E-state index is 14.1. The summed E-state index contributed by atoms with van der Waals surface area (Å²) in [5.41, 5.74) is 0.989. The molecule has 0 aliphatic heterocycles. The molecule has 0 heterocycles. The predicted octanol–water partition coefficient (Wildman–Crippen LogP) is 5.97. The molecule has 0 radical (unpaired) electrons. The fourth-order valence-electron chi connectivity index (χ4n) is 4.11. The quantitative estimate of drug-likeness (QED) is 0.301. The van der Waals surface area contributed by atoms with Crippen molar-refractivity contribution in [2.24, 2.45) is 0 Å². The molecule has 0 aliphatic carbocycles. The van der Waals surface area contributed by atoms with Gasteiger partial charge in [0.1, 0.15) is 12.6 Å². The Hall–Kier alpha value is -2.78. The van der Waals surface area contributed by atoms with Gasteiger partial charge >= 0.3 is 0 Å². The molecule has 3 rings (SSSR count). The van der Waals surface area contributed by atoms with Crippen molar-refractivity contribution in [3.63, 3.8) is 0 Å². The number of hydrogen-bond donors (Lipinski definition) is 1. The van der Waals surface area contributed by atoms with Gasteiger partial charge in [0.05, 0.1) is 17.0 Å². The summed E-state index contributed by atoms with van der Waals surface area (Å²) in [4.78, 5) is 29.2. The van der Waals surface area contributed by atoms with Crippen LogP contribution in [-0.4, -0.2) is 49.5 Å². The number of nitrogens with one attached hydrogen (secondary N) is 1. The van der Waals surface area contributed by atoms with Crippen LogP contribution in [0.25, 0.3) is 0 Å². The molecule has 0 bridgehead atoms. The highest BCUT2D eigenvalue weighted by molar-refractivity contribution is 7.92. The lowest BCUT2D eigenvalue weighted by molar-refractivity contribution is -0.140. The van der Waals surface area contributed by atoms with Gasteiger partial charge < -0.3 is 10.2 Å². The second-order valence-corrected chi connectivity index (χ2v) is 13.6. The van der Waals surface area contributed by atoms with Crippen molar-refractivity contribution in [1.82, 2.24) is 10.2 Å². The Kier molecular flexibility index (Phi) is 10.5. The molecule has 40 heavy (non-hydrogen) atoms. The molecule has 0 fully saturated rings. The summed E-state index contributed by atoms with van der Waals surface area (Å²) in [6.07, 6.45) is 1.18. The van der Waals surface area contributed by atoms with Crippen molar-refractivity contribution in [3.8, 4) is 0 Å². The standard InChI is InChI=1S/C29H32Cl3N3O4S/c1-29(2,3)33-28(37)26(16-20-9-6-5-7-10-20)34(18-21-11-8-12-22(30)15-21)27(36)19-35(40(4,38)39)25-17-23(31)13-14-24(25)32/h5-15,17,26H,16,18-19H2,1-4H3,(H,33,37)/t26-/m1/s1. The summed E-state index contributed by atoms with van der Waals surface area (Å²) < 4.78 is 26.7. The SMILES string of the molecule is CC(C)(C)NC(=O)[C@@H](Cc1ccccc1)N(Cc1cccc(Cl)c1)C(=O)CN(c1cc(Cl)ccc1Cl)S(C)(=O)=O. The van der Waals surface area contributed by atoms with Gasteiger partial charge in [0, 0.05) is 28.5 Å². The average molecular weight is 625 g/mol. The third kappa shape index (κ3) is 9.13. The van der Waals surface area contributed by atoms with E-state index in [1.54, 1.807) is 24.3 Å². The molecule has 0 aliphatic rings. The van der Waals surface area contributed by atoms with E-state index in [1.165, 1.54) is 23.1 Å². The fraction of sp³-hybridized carbons (Fsp3) is 0.310. The van der Waals surface area contributed by atoms with Crippen LogP contribution in [0.1, 0.15) is 31.9 Å². The number of rotatable bonds is 10. The van der Waals surface area contributed by atoms with Crippen molar-refractivity contribution in [1.29, 1.82) is 0 Å². The van der Waals surface area contributed by atoms with Gasteiger partial charge in [-0.05, 0) is 62.2 Å². The van der Waals surface area contributed by atoms with Gasteiger partial charge in [-0.3, -0.25) is 13.9 Å². The van der Waals surface area contributed by atoms with E-state index in [0.29, 0.717) is 10.6 Å². The fourth-order valence-corrected chi connectivity index (χ4v) is 5.61. The minimum Gasteiger partial charge on any atom is -0.350 e. The molecule has 1 N–H and O–H groups in total. The van der Waals surface area contributed by atoms with Crippen LogP contribution in [0.4, 0.5) is 5.69 Å². The summed E-state index contributed by atoms with van der Waals surface area (Å²) in [7, 11) is -3.98. The van der Waals surface area contributed by atoms with Crippen LogP contribution in [0.2, 0.25) is 15.1 Å².